The smallest absolute Gasteiger partial charge is 0.368 e. The summed E-state index contributed by atoms with van der Waals surface area (Å²) in [4.78, 5) is 25.9. The molecule has 4 aromatic rings. The Labute approximate surface area is 219 Å². The van der Waals surface area contributed by atoms with E-state index in [1.807, 2.05) is 91.0 Å². The highest BCUT2D eigenvalue weighted by atomic mass is 19.4. The molecule has 4 nitrogen and oxygen atoms in total. The van der Waals surface area contributed by atoms with Gasteiger partial charge in [-0.2, -0.15) is 13.2 Å². The molecule has 0 saturated carbocycles. The average molecular weight is 517 g/mol. The summed E-state index contributed by atoms with van der Waals surface area (Å²) in [6.07, 6.45) is -5.09. The highest BCUT2D eigenvalue weighted by Gasteiger charge is 2.39. The van der Waals surface area contributed by atoms with Crippen LogP contribution < -0.4 is 11.1 Å². The molecule has 0 heterocycles. The lowest BCUT2D eigenvalue weighted by Crippen LogP contribution is -2.48. The third kappa shape index (κ3) is 5.78. The fraction of sp³-hybridized carbons (Fsp3) is 0.161. The number of amides is 2. The molecule has 4 rings (SSSR count). The Balaban J connectivity index is 1.73. The fourth-order valence-corrected chi connectivity index (χ4v) is 4.88. The number of hydrogen-bond donors (Lipinski definition) is 2. The molecule has 1 atom stereocenters. The predicted octanol–water partition coefficient (Wildman–Crippen LogP) is 5.64. The first kappa shape index (κ1) is 26.7. The minimum atomic E-state index is -4.61. The van der Waals surface area contributed by atoms with E-state index in [-0.39, 0.29) is 18.4 Å². The summed E-state index contributed by atoms with van der Waals surface area (Å²) in [5, 5.41) is 2.63. The van der Waals surface area contributed by atoms with Crippen molar-refractivity contribution in [3.8, 4) is 0 Å². The van der Waals surface area contributed by atoms with E-state index in [9.17, 15) is 22.8 Å². The zero-order valence-electron chi connectivity index (χ0n) is 20.5. The summed E-state index contributed by atoms with van der Waals surface area (Å²) < 4.78 is 40.6. The number of nitrogens with one attached hydrogen (secondary N) is 1. The largest absolute Gasteiger partial charge is 0.416 e. The first-order valence-corrected chi connectivity index (χ1v) is 12.1. The minimum absolute atomic E-state index is 0.101. The van der Waals surface area contributed by atoms with Gasteiger partial charge in [0.1, 0.15) is 6.04 Å². The average Bonchev–Trinajstić information content (AvgIpc) is 2.92. The Morgan fingerprint density at radius 3 is 1.53 bits per heavy atom. The second kappa shape index (κ2) is 11.3. The lowest BCUT2D eigenvalue weighted by molar-refractivity contribution is -0.138. The standard InChI is InChI=1S/C31H27F3N2O2/c32-31(33,34)26-19-11-10-12-22(26)20-27(29(35)38)36-28(37)21-30(23-13-4-1-5-14-23,24-15-6-2-7-16-24)25-17-8-3-9-18-25/h1-19,27H,20-21H2,(H2,35,38)(H,36,37)/t27-/m1/s1. The molecule has 0 spiro atoms. The molecule has 0 radical (unpaired) electrons. The van der Waals surface area contributed by atoms with Gasteiger partial charge in [0.15, 0.2) is 0 Å². The maximum atomic E-state index is 13.6. The molecule has 0 bridgehead atoms. The highest BCUT2D eigenvalue weighted by Crippen LogP contribution is 2.42. The van der Waals surface area contributed by atoms with Gasteiger partial charge in [-0.1, -0.05) is 109 Å². The van der Waals surface area contributed by atoms with Crippen LogP contribution in [0.25, 0.3) is 0 Å². The molecule has 4 aromatic carbocycles. The third-order valence-corrected chi connectivity index (χ3v) is 6.65. The molecule has 38 heavy (non-hydrogen) atoms. The van der Waals surface area contributed by atoms with Crippen molar-refractivity contribution in [3.63, 3.8) is 0 Å². The third-order valence-electron chi connectivity index (χ3n) is 6.65. The van der Waals surface area contributed by atoms with Gasteiger partial charge < -0.3 is 11.1 Å². The molecular formula is C31H27F3N2O2. The Hall–Kier alpha value is -4.39. The van der Waals surface area contributed by atoms with Gasteiger partial charge in [0.25, 0.3) is 0 Å². The molecule has 0 aliphatic rings. The van der Waals surface area contributed by atoms with Gasteiger partial charge >= 0.3 is 6.18 Å². The van der Waals surface area contributed by atoms with Crippen molar-refractivity contribution in [1.29, 1.82) is 0 Å². The SMILES string of the molecule is NC(=O)[C@@H](Cc1ccccc1C(F)(F)F)NC(=O)CC(c1ccccc1)(c1ccccc1)c1ccccc1. The fourth-order valence-electron chi connectivity index (χ4n) is 4.88. The number of primary amides is 1. The molecule has 2 amide bonds. The summed E-state index contributed by atoms with van der Waals surface area (Å²) in [5.41, 5.74) is 6.19. The molecule has 7 heteroatoms. The van der Waals surface area contributed by atoms with E-state index < -0.39 is 35.0 Å². The molecule has 0 aliphatic heterocycles. The van der Waals surface area contributed by atoms with Crippen molar-refractivity contribution in [2.24, 2.45) is 5.73 Å². The van der Waals surface area contributed by atoms with Crippen molar-refractivity contribution in [2.45, 2.75) is 30.5 Å². The van der Waals surface area contributed by atoms with Gasteiger partial charge in [-0.05, 0) is 28.3 Å². The first-order chi connectivity index (χ1) is 18.2. The molecule has 0 unspecified atom stereocenters. The van der Waals surface area contributed by atoms with Crippen LogP contribution in [0.15, 0.2) is 115 Å². The maximum absolute atomic E-state index is 13.6. The predicted molar refractivity (Wildman–Crippen MR) is 140 cm³/mol. The Bertz CT molecular complexity index is 1280. The van der Waals surface area contributed by atoms with Crippen LogP contribution in [0.4, 0.5) is 13.2 Å². The van der Waals surface area contributed by atoms with Gasteiger partial charge in [-0.3, -0.25) is 9.59 Å². The monoisotopic (exact) mass is 516 g/mol. The summed E-state index contributed by atoms with van der Waals surface area (Å²) >= 11 is 0. The maximum Gasteiger partial charge on any atom is 0.416 e. The number of hydrogen-bond acceptors (Lipinski definition) is 2. The number of carbonyl (C=O) groups is 2. The van der Waals surface area contributed by atoms with E-state index in [0.29, 0.717) is 0 Å². The van der Waals surface area contributed by atoms with E-state index in [2.05, 4.69) is 5.32 Å². The summed E-state index contributed by atoms with van der Waals surface area (Å²) in [5.74, 6) is -1.44. The van der Waals surface area contributed by atoms with Gasteiger partial charge in [0.2, 0.25) is 11.8 Å². The van der Waals surface area contributed by atoms with Crippen LogP contribution in [0.5, 0.6) is 0 Å². The van der Waals surface area contributed by atoms with Crippen LogP contribution in [0, 0.1) is 0 Å². The van der Waals surface area contributed by atoms with Gasteiger partial charge in [-0.15, -0.1) is 0 Å². The zero-order chi connectivity index (χ0) is 27.2. The molecule has 194 valence electrons. The number of rotatable bonds is 9. The number of benzene rings is 4. The molecule has 0 fully saturated rings. The molecular weight excluding hydrogens is 489 g/mol. The summed E-state index contributed by atoms with van der Waals surface area (Å²) in [6, 6.07) is 32.1. The number of nitrogens with two attached hydrogens (primary N) is 1. The van der Waals surface area contributed by atoms with Crippen LogP contribution in [-0.4, -0.2) is 17.9 Å². The number of alkyl halides is 3. The van der Waals surface area contributed by atoms with E-state index in [4.69, 9.17) is 5.73 Å². The molecule has 3 N–H and O–H groups in total. The molecule has 0 saturated heterocycles. The van der Waals surface area contributed by atoms with Crippen LogP contribution in [-0.2, 0) is 27.6 Å². The second-order valence-corrected chi connectivity index (χ2v) is 9.06. The van der Waals surface area contributed by atoms with Crippen LogP contribution >= 0.6 is 0 Å². The van der Waals surface area contributed by atoms with Crippen molar-refractivity contribution >= 4 is 11.8 Å². The van der Waals surface area contributed by atoms with E-state index in [1.165, 1.54) is 18.2 Å². The highest BCUT2D eigenvalue weighted by molar-refractivity contribution is 5.88. The number of carbonyl (C=O) groups excluding carboxylic acids is 2. The van der Waals surface area contributed by atoms with Gasteiger partial charge in [-0.25, -0.2) is 0 Å². The molecule has 0 aromatic heterocycles. The van der Waals surface area contributed by atoms with Gasteiger partial charge in [0, 0.05) is 12.8 Å². The Morgan fingerprint density at radius 1 is 0.684 bits per heavy atom. The van der Waals surface area contributed by atoms with Crippen molar-refractivity contribution < 1.29 is 22.8 Å². The van der Waals surface area contributed by atoms with Crippen LogP contribution in [0.2, 0.25) is 0 Å². The normalized spacial score (nSPS) is 12.5. The Morgan fingerprint density at radius 2 is 1.11 bits per heavy atom. The van der Waals surface area contributed by atoms with E-state index in [1.54, 1.807) is 0 Å². The topological polar surface area (TPSA) is 72.2 Å². The first-order valence-electron chi connectivity index (χ1n) is 12.1. The van der Waals surface area contributed by atoms with E-state index >= 15 is 0 Å². The quantitative estimate of drug-likeness (QED) is 0.283. The summed E-state index contributed by atoms with van der Waals surface area (Å²) in [7, 11) is 0. The molecule has 0 aliphatic carbocycles. The number of halogens is 3. The second-order valence-electron chi connectivity index (χ2n) is 9.06. The van der Waals surface area contributed by atoms with Gasteiger partial charge in [0.05, 0.1) is 11.0 Å². The lowest BCUT2D eigenvalue weighted by Gasteiger charge is -2.36. The van der Waals surface area contributed by atoms with Crippen molar-refractivity contribution in [1.82, 2.24) is 5.32 Å². The van der Waals surface area contributed by atoms with Crippen LogP contribution in [0.3, 0.4) is 0 Å². The zero-order valence-corrected chi connectivity index (χ0v) is 20.5. The minimum Gasteiger partial charge on any atom is -0.368 e. The summed E-state index contributed by atoms with van der Waals surface area (Å²) in [6.45, 7) is 0. The Kier molecular flexibility index (Phi) is 7.96. The van der Waals surface area contributed by atoms with Crippen molar-refractivity contribution in [3.05, 3.63) is 143 Å². The lowest BCUT2D eigenvalue weighted by atomic mass is 9.67. The van der Waals surface area contributed by atoms with E-state index in [0.717, 1.165) is 22.8 Å². The van der Waals surface area contributed by atoms with Crippen molar-refractivity contribution in [2.75, 3.05) is 0 Å². The van der Waals surface area contributed by atoms with Crippen LogP contribution in [0.1, 0.15) is 34.2 Å².